The Labute approximate surface area is 311 Å². The molecular formula is C50H32N4. The quantitative estimate of drug-likeness (QED) is 0.180. The van der Waals surface area contributed by atoms with Crippen molar-refractivity contribution in [2.24, 2.45) is 0 Å². The highest BCUT2D eigenvalue weighted by atomic mass is 15.0. The first-order valence-electron chi connectivity index (χ1n) is 18.3. The molecule has 54 heavy (non-hydrogen) atoms. The highest BCUT2D eigenvalue weighted by Crippen LogP contribution is 2.42. The van der Waals surface area contributed by atoms with Gasteiger partial charge >= 0.3 is 0 Å². The predicted octanol–water partition coefficient (Wildman–Crippen LogP) is 12.8. The van der Waals surface area contributed by atoms with Gasteiger partial charge in [-0.05, 0) is 76.5 Å². The van der Waals surface area contributed by atoms with Gasteiger partial charge in [0.25, 0.3) is 0 Å². The van der Waals surface area contributed by atoms with E-state index in [0.29, 0.717) is 5.82 Å². The lowest BCUT2D eigenvalue weighted by molar-refractivity contribution is 1.15. The molecule has 0 saturated heterocycles. The zero-order chi connectivity index (χ0) is 35.6. The molecule has 0 N–H and O–H groups in total. The number of para-hydroxylation sites is 2. The average molecular weight is 689 g/mol. The molecule has 4 nitrogen and oxygen atoms in total. The minimum atomic E-state index is 0.710. The minimum absolute atomic E-state index is 0.710. The molecule has 0 aliphatic heterocycles. The van der Waals surface area contributed by atoms with Gasteiger partial charge in [-0.2, -0.15) is 0 Å². The highest BCUT2D eigenvalue weighted by molar-refractivity contribution is 6.22. The smallest absolute Gasteiger partial charge is 0.160 e. The number of fused-ring (bicyclic) bond motifs is 8. The molecule has 0 fully saturated rings. The van der Waals surface area contributed by atoms with Crippen LogP contribution in [-0.4, -0.2) is 19.1 Å². The van der Waals surface area contributed by atoms with E-state index >= 15 is 0 Å². The van der Waals surface area contributed by atoms with Crippen LogP contribution in [0.2, 0.25) is 0 Å². The first-order valence-corrected chi connectivity index (χ1v) is 18.3. The van der Waals surface area contributed by atoms with Gasteiger partial charge < -0.3 is 9.13 Å². The minimum Gasteiger partial charge on any atom is -0.309 e. The zero-order valence-electron chi connectivity index (χ0n) is 29.3. The molecule has 11 rings (SSSR count). The first kappa shape index (κ1) is 30.3. The van der Waals surface area contributed by atoms with Crippen LogP contribution < -0.4 is 0 Å². The van der Waals surface area contributed by atoms with Crippen LogP contribution in [-0.2, 0) is 0 Å². The molecule has 0 atom stereocenters. The largest absolute Gasteiger partial charge is 0.309 e. The van der Waals surface area contributed by atoms with Gasteiger partial charge in [0.15, 0.2) is 5.82 Å². The molecule has 252 valence electrons. The van der Waals surface area contributed by atoms with Crippen molar-refractivity contribution in [3.63, 3.8) is 0 Å². The molecule has 0 amide bonds. The fraction of sp³-hybridized carbons (Fsp3) is 0. The summed E-state index contributed by atoms with van der Waals surface area (Å²) in [4.78, 5) is 10.7. The summed E-state index contributed by atoms with van der Waals surface area (Å²) in [6, 6.07) is 69.0. The van der Waals surface area contributed by atoms with Gasteiger partial charge in [-0.15, -0.1) is 0 Å². The summed E-state index contributed by atoms with van der Waals surface area (Å²) in [5, 5.41) is 6.08. The monoisotopic (exact) mass is 688 g/mol. The van der Waals surface area contributed by atoms with Crippen molar-refractivity contribution in [1.29, 1.82) is 0 Å². The van der Waals surface area contributed by atoms with E-state index in [0.717, 1.165) is 61.3 Å². The van der Waals surface area contributed by atoms with Gasteiger partial charge in [0.2, 0.25) is 0 Å². The maximum Gasteiger partial charge on any atom is 0.160 e. The SMILES string of the molecule is c1ccc(-c2nc(-c3ccccc3)c3c(n2)c2cc(-c4ccc5c(c4)c4c6ccccc6ccc4n5-c4ccccc4)ccc2n3-c2ccccc2)cc1. The molecule has 11 aromatic rings. The predicted molar refractivity (Wildman–Crippen MR) is 225 cm³/mol. The maximum absolute atomic E-state index is 5.37. The third-order valence-corrected chi connectivity index (χ3v) is 10.7. The van der Waals surface area contributed by atoms with Gasteiger partial charge in [-0.1, -0.05) is 140 Å². The number of hydrogen-bond donors (Lipinski definition) is 0. The van der Waals surface area contributed by atoms with E-state index in [9.17, 15) is 0 Å². The van der Waals surface area contributed by atoms with Crippen molar-refractivity contribution in [3.8, 4) is 45.1 Å². The summed E-state index contributed by atoms with van der Waals surface area (Å²) >= 11 is 0. The van der Waals surface area contributed by atoms with E-state index in [1.807, 2.05) is 18.2 Å². The van der Waals surface area contributed by atoms with Crippen molar-refractivity contribution >= 4 is 54.5 Å². The Bertz CT molecular complexity index is 3180. The molecule has 0 radical (unpaired) electrons. The Kier molecular flexibility index (Phi) is 6.82. The Balaban J connectivity index is 1.21. The topological polar surface area (TPSA) is 35.6 Å². The first-order chi connectivity index (χ1) is 26.8. The molecule has 4 heteroatoms. The van der Waals surface area contributed by atoms with Crippen LogP contribution in [0, 0.1) is 0 Å². The molecule has 0 aliphatic rings. The Hall–Kier alpha value is -7.30. The van der Waals surface area contributed by atoms with Gasteiger partial charge in [0.1, 0.15) is 5.52 Å². The van der Waals surface area contributed by atoms with Crippen molar-refractivity contribution in [1.82, 2.24) is 19.1 Å². The molecular weight excluding hydrogens is 657 g/mol. The van der Waals surface area contributed by atoms with Crippen molar-refractivity contribution in [3.05, 3.63) is 194 Å². The van der Waals surface area contributed by atoms with Crippen LogP contribution in [0.5, 0.6) is 0 Å². The molecule has 0 aliphatic carbocycles. The summed E-state index contributed by atoms with van der Waals surface area (Å²) in [5.41, 5.74) is 12.9. The van der Waals surface area contributed by atoms with Crippen LogP contribution in [0.3, 0.4) is 0 Å². The maximum atomic E-state index is 5.37. The van der Waals surface area contributed by atoms with Gasteiger partial charge in [0, 0.05) is 38.7 Å². The van der Waals surface area contributed by atoms with Crippen LogP contribution in [0.1, 0.15) is 0 Å². The van der Waals surface area contributed by atoms with E-state index in [1.165, 1.54) is 32.6 Å². The lowest BCUT2D eigenvalue weighted by Gasteiger charge is -2.12. The summed E-state index contributed by atoms with van der Waals surface area (Å²) in [6.07, 6.45) is 0. The molecule has 0 spiro atoms. The van der Waals surface area contributed by atoms with E-state index in [1.54, 1.807) is 0 Å². The Morgan fingerprint density at radius 1 is 0.352 bits per heavy atom. The van der Waals surface area contributed by atoms with Crippen molar-refractivity contribution < 1.29 is 0 Å². The molecule has 8 aromatic carbocycles. The molecule has 0 bridgehead atoms. The standard InChI is InChI=1S/C50H32N4/c1-5-16-34(17-6-1)47-49-48(52-50(51-47)35-18-7-2-8-19-35)42-32-37(27-29-44(42)54(49)39-22-11-4-12-23-39)36-26-28-43-41(31-36)46-40-24-14-13-15-33(40)25-30-45(46)53(43)38-20-9-3-10-21-38/h1-32H. The molecule has 3 heterocycles. The summed E-state index contributed by atoms with van der Waals surface area (Å²) < 4.78 is 4.72. The normalized spacial score (nSPS) is 11.7. The van der Waals surface area contributed by atoms with Crippen molar-refractivity contribution in [2.45, 2.75) is 0 Å². The number of benzene rings is 8. The molecule has 3 aromatic heterocycles. The molecule has 0 saturated carbocycles. The van der Waals surface area contributed by atoms with Crippen LogP contribution in [0.4, 0.5) is 0 Å². The molecule has 0 unspecified atom stereocenters. The Morgan fingerprint density at radius 2 is 0.889 bits per heavy atom. The number of hydrogen-bond acceptors (Lipinski definition) is 2. The number of nitrogens with zero attached hydrogens (tertiary/aromatic N) is 4. The van der Waals surface area contributed by atoms with Gasteiger partial charge in [0.05, 0.1) is 27.8 Å². The van der Waals surface area contributed by atoms with E-state index in [4.69, 9.17) is 9.97 Å². The number of rotatable bonds is 5. The Morgan fingerprint density at radius 3 is 1.57 bits per heavy atom. The lowest BCUT2D eigenvalue weighted by atomic mass is 9.99. The third kappa shape index (κ3) is 4.70. The number of aromatic nitrogens is 4. The highest BCUT2D eigenvalue weighted by Gasteiger charge is 2.22. The van der Waals surface area contributed by atoms with Gasteiger partial charge in [-0.25, -0.2) is 9.97 Å². The van der Waals surface area contributed by atoms with E-state index in [2.05, 4.69) is 185 Å². The van der Waals surface area contributed by atoms with E-state index in [-0.39, 0.29) is 0 Å². The zero-order valence-corrected chi connectivity index (χ0v) is 29.3. The van der Waals surface area contributed by atoms with Gasteiger partial charge in [-0.3, -0.25) is 0 Å². The van der Waals surface area contributed by atoms with Crippen LogP contribution in [0.15, 0.2) is 194 Å². The fourth-order valence-electron chi connectivity index (χ4n) is 8.26. The summed E-state index contributed by atoms with van der Waals surface area (Å²) in [7, 11) is 0. The van der Waals surface area contributed by atoms with Crippen molar-refractivity contribution in [2.75, 3.05) is 0 Å². The third-order valence-electron chi connectivity index (χ3n) is 10.7. The second kappa shape index (κ2) is 12.1. The summed E-state index contributed by atoms with van der Waals surface area (Å²) in [5.74, 6) is 0.710. The van der Waals surface area contributed by atoms with Crippen LogP contribution in [0.25, 0.3) is 99.7 Å². The van der Waals surface area contributed by atoms with Crippen LogP contribution >= 0.6 is 0 Å². The van der Waals surface area contributed by atoms with E-state index < -0.39 is 0 Å². The second-order valence-electron chi connectivity index (χ2n) is 13.8. The average Bonchev–Trinajstić information content (AvgIpc) is 3.77. The second-order valence-corrected chi connectivity index (χ2v) is 13.8. The lowest BCUT2D eigenvalue weighted by Crippen LogP contribution is -1.99. The summed E-state index contributed by atoms with van der Waals surface area (Å²) in [6.45, 7) is 0. The fourth-order valence-corrected chi connectivity index (χ4v) is 8.26.